The average Bonchev–Trinajstić information content (AvgIpc) is 3.11. The maximum atomic E-state index is 13.8. The van der Waals surface area contributed by atoms with Gasteiger partial charge in [-0.15, -0.1) is 11.3 Å². The number of esters is 1. The van der Waals surface area contributed by atoms with Crippen LogP contribution >= 0.6 is 11.3 Å². The second-order valence-corrected chi connectivity index (χ2v) is 5.90. The van der Waals surface area contributed by atoms with E-state index in [9.17, 15) is 14.0 Å². The van der Waals surface area contributed by atoms with Crippen molar-refractivity contribution in [2.75, 3.05) is 12.4 Å². The van der Waals surface area contributed by atoms with E-state index < -0.39 is 17.7 Å². The molecular formula is C18H13FN2O3S. The molecule has 3 rings (SSSR count). The van der Waals surface area contributed by atoms with Gasteiger partial charge in [-0.1, -0.05) is 18.2 Å². The van der Waals surface area contributed by atoms with Crippen LogP contribution in [0.15, 0.2) is 53.9 Å². The number of nitrogens with one attached hydrogen (secondary N) is 1. The molecule has 25 heavy (non-hydrogen) atoms. The number of aromatic nitrogens is 1. The summed E-state index contributed by atoms with van der Waals surface area (Å²) in [6.45, 7) is 0. The highest BCUT2D eigenvalue weighted by atomic mass is 32.1. The van der Waals surface area contributed by atoms with E-state index in [0.29, 0.717) is 21.8 Å². The van der Waals surface area contributed by atoms with Crippen LogP contribution in [0.5, 0.6) is 0 Å². The third kappa shape index (κ3) is 3.72. The van der Waals surface area contributed by atoms with Crippen LogP contribution in [-0.4, -0.2) is 24.0 Å². The number of carbonyl (C=O) groups excluding carboxylic acids is 2. The average molecular weight is 356 g/mol. The van der Waals surface area contributed by atoms with Crippen LogP contribution in [0.25, 0.3) is 10.6 Å². The maximum Gasteiger partial charge on any atom is 0.337 e. The molecule has 2 aromatic carbocycles. The zero-order valence-electron chi connectivity index (χ0n) is 13.2. The summed E-state index contributed by atoms with van der Waals surface area (Å²) in [6, 6.07) is 12.6. The summed E-state index contributed by atoms with van der Waals surface area (Å²) in [4.78, 5) is 28.0. The lowest BCUT2D eigenvalue weighted by atomic mass is 10.2. The number of ether oxygens (including phenoxy) is 1. The molecule has 1 heterocycles. The van der Waals surface area contributed by atoms with E-state index in [2.05, 4.69) is 15.0 Å². The van der Waals surface area contributed by atoms with Crippen molar-refractivity contribution in [1.29, 1.82) is 0 Å². The summed E-state index contributed by atoms with van der Waals surface area (Å²) < 4.78 is 18.5. The quantitative estimate of drug-likeness (QED) is 0.718. The number of anilines is 1. The van der Waals surface area contributed by atoms with Gasteiger partial charge < -0.3 is 10.1 Å². The van der Waals surface area contributed by atoms with Crippen LogP contribution < -0.4 is 5.32 Å². The molecule has 1 aromatic heterocycles. The molecule has 0 saturated heterocycles. The molecule has 0 aliphatic heterocycles. The van der Waals surface area contributed by atoms with Gasteiger partial charge in [0.05, 0.1) is 12.7 Å². The first-order valence-electron chi connectivity index (χ1n) is 7.28. The van der Waals surface area contributed by atoms with Crippen molar-refractivity contribution in [1.82, 2.24) is 4.98 Å². The number of methoxy groups -OCH3 is 1. The fraction of sp³-hybridized carbons (Fsp3) is 0.0556. The Morgan fingerprint density at radius 1 is 1.16 bits per heavy atom. The normalized spacial score (nSPS) is 10.3. The van der Waals surface area contributed by atoms with Crippen LogP contribution in [-0.2, 0) is 4.74 Å². The van der Waals surface area contributed by atoms with Gasteiger partial charge in [0.15, 0.2) is 0 Å². The van der Waals surface area contributed by atoms with E-state index in [1.54, 1.807) is 41.8 Å². The number of hydrogen-bond acceptors (Lipinski definition) is 5. The summed E-state index contributed by atoms with van der Waals surface area (Å²) in [5, 5.41) is 4.64. The second-order valence-electron chi connectivity index (χ2n) is 5.04. The van der Waals surface area contributed by atoms with Gasteiger partial charge in [-0.05, 0) is 30.3 Å². The van der Waals surface area contributed by atoms with Gasteiger partial charge in [-0.2, -0.15) is 0 Å². The van der Waals surface area contributed by atoms with Gasteiger partial charge >= 0.3 is 5.97 Å². The molecule has 0 spiro atoms. The SMILES string of the molecule is COC(=O)c1cccc(NC(=O)c2csc(-c3ccccc3F)n2)c1. The van der Waals surface area contributed by atoms with E-state index in [-0.39, 0.29) is 5.69 Å². The molecule has 3 aromatic rings. The summed E-state index contributed by atoms with van der Waals surface area (Å²) in [5.74, 6) is -1.33. The maximum absolute atomic E-state index is 13.8. The van der Waals surface area contributed by atoms with Gasteiger partial charge in [0.2, 0.25) is 0 Å². The topological polar surface area (TPSA) is 68.3 Å². The Bertz CT molecular complexity index is 939. The lowest BCUT2D eigenvalue weighted by molar-refractivity contribution is 0.0600. The number of thiazole rings is 1. The van der Waals surface area contributed by atoms with E-state index in [0.717, 1.165) is 0 Å². The molecule has 5 nitrogen and oxygen atoms in total. The van der Waals surface area contributed by atoms with E-state index in [4.69, 9.17) is 0 Å². The van der Waals surface area contributed by atoms with Crippen LogP contribution in [0.3, 0.4) is 0 Å². The number of nitrogens with zero attached hydrogens (tertiary/aromatic N) is 1. The number of carbonyl (C=O) groups is 2. The molecule has 0 unspecified atom stereocenters. The molecule has 1 N–H and O–H groups in total. The van der Waals surface area contributed by atoms with Crippen LogP contribution in [0.1, 0.15) is 20.8 Å². The fourth-order valence-corrected chi connectivity index (χ4v) is 3.00. The molecule has 0 aliphatic carbocycles. The smallest absolute Gasteiger partial charge is 0.337 e. The van der Waals surface area contributed by atoms with E-state index >= 15 is 0 Å². The molecule has 0 saturated carbocycles. The van der Waals surface area contributed by atoms with Gasteiger partial charge in [-0.3, -0.25) is 4.79 Å². The highest BCUT2D eigenvalue weighted by Gasteiger charge is 2.15. The van der Waals surface area contributed by atoms with Crippen LogP contribution in [0.4, 0.5) is 10.1 Å². The van der Waals surface area contributed by atoms with Crippen molar-refractivity contribution in [3.05, 3.63) is 71.0 Å². The number of halogens is 1. The van der Waals surface area contributed by atoms with Gasteiger partial charge in [0.25, 0.3) is 5.91 Å². The molecule has 0 bridgehead atoms. The predicted octanol–water partition coefficient (Wildman–Crippen LogP) is 3.99. The van der Waals surface area contributed by atoms with E-state index in [1.165, 1.54) is 30.6 Å². The lowest BCUT2D eigenvalue weighted by Gasteiger charge is -2.05. The first-order valence-corrected chi connectivity index (χ1v) is 8.16. The first kappa shape index (κ1) is 16.8. The second kappa shape index (κ2) is 7.23. The first-order chi connectivity index (χ1) is 12.1. The predicted molar refractivity (Wildman–Crippen MR) is 93.2 cm³/mol. The zero-order valence-corrected chi connectivity index (χ0v) is 14.0. The van der Waals surface area contributed by atoms with Gasteiger partial charge in [0.1, 0.15) is 16.5 Å². The number of hydrogen-bond donors (Lipinski definition) is 1. The molecule has 126 valence electrons. The summed E-state index contributed by atoms with van der Waals surface area (Å²) in [7, 11) is 1.28. The standard InChI is InChI=1S/C18H13FN2O3S/c1-24-18(23)11-5-4-6-12(9-11)20-16(22)15-10-25-17(21-15)13-7-2-3-8-14(13)19/h2-10H,1H3,(H,20,22). The third-order valence-corrected chi connectivity index (χ3v) is 4.26. The lowest BCUT2D eigenvalue weighted by Crippen LogP contribution is -2.13. The Morgan fingerprint density at radius 2 is 1.96 bits per heavy atom. The fourth-order valence-electron chi connectivity index (χ4n) is 2.17. The molecule has 0 fully saturated rings. The molecule has 0 aliphatic rings. The largest absolute Gasteiger partial charge is 0.465 e. The highest BCUT2D eigenvalue weighted by Crippen LogP contribution is 2.26. The van der Waals surface area contributed by atoms with Crippen molar-refractivity contribution in [2.45, 2.75) is 0 Å². The number of benzene rings is 2. The summed E-state index contributed by atoms with van der Waals surface area (Å²) >= 11 is 1.18. The van der Waals surface area contributed by atoms with Crippen molar-refractivity contribution < 1.29 is 18.7 Å². The Morgan fingerprint density at radius 3 is 2.72 bits per heavy atom. The van der Waals surface area contributed by atoms with E-state index in [1.807, 2.05) is 0 Å². The molecule has 1 amide bonds. The Balaban J connectivity index is 1.79. The molecule has 0 radical (unpaired) electrons. The van der Waals surface area contributed by atoms with Gasteiger partial charge in [-0.25, -0.2) is 14.2 Å². The third-order valence-electron chi connectivity index (χ3n) is 3.38. The Labute approximate surface area is 147 Å². The molecule has 7 heteroatoms. The molecular weight excluding hydrogens is 343 g/mol. The van der Waals surface area contributed by atoms with Gasteiger partial charge in [0, 0.05) is 16.6 Å². The monoisotopic (exact) mass is 356 g/mol. The molecule has 0 atom stereocenters. The summed E-state index contributed by atoms with van der Waals surface area (Å²) in [6.07, 6.45) is 0. The van der Waals surface area contributed by atoms with Crippen molar-refractivity contribution in [3.8, 4) is 10.6 Å². The number of rotatable bonds is 4. The van der Waals surface area contributed by atoms with Crippen molar-refractivity contribution in [2.24, 2.45) is 0 Å². The minimum Gasteiger partial charge on any atom is -0.465 e. The van der Waals surface area contributed by atoms with Crippen molar-refractivity contribution in [3.63, 3.8) is 0 Å². The Kier molecular flexibility index (Phi) is 4.85. The minimum absolute atomic E-state index is 0.173. The van der Waals surface area contributed by atoms with Crippen molar-refractivity contribution >= 4 is 28.9 Å². The zero-order chi connectivity index (χ0) is 17.8. The van der Waals surface area contributed by atoms with Crippen LogP contribution in [0.2, 0.25) is 0 Å². The highest BCUT2D eigenvalue weighted by molar-refractivity contribution is 7.13. The number of amides is 1. The van der Waals surface area contributed by atoms with Crippen LogP contribution in [0, 0.1) is 5.82 Å². The summed E-state index contributed by atoms with van der Waals surface area (Å²) in [5.41, 5.74) is 1.28. The minimum atomic E-state index is -0.494. The Hall–Kier alpha value is -3.06.